The van der Waals surface area contributed by atoms with Gasteiger partial charge in [-0.1, -0.05) is 30.3 Å². The van der Waals surface area contributed by atoms with E-state index in [-0.39, 0.29) is 6.61 Å². The van der Waals surface area contributed by atoms with Crippen molar-refractivity contribution in [3.8, 4) is 0 Å². The predicted octanol–water partition coefficient (Wildman–Crippen LogP) is 1.87. The Kier molecular flexibility index (Phi) is 5.13. The second-order valence-electron chi connectivity index (χ2n) is 6.87. The van der Waals surface area contributed by atoms with Crippen LogP contribution >= 0.6 is 0 Å². The van der Waals surface area contributed by atoms with Gasteiger partial charge in [0, 0.05) is 68.9 Å². The monoisotopic (exact) mass is 364 g/mol. The largest absolute Gasteiger partial charge is 0.390 e. The lowest BCUT2D eigenvalue weighted by atomic mass is 10.0. The van der Waals surface area contributed by atoms with E-state index in [1.807, 2.05) is 42.3 Å². The summed E-state index contributed by atoms with van der Waals surface area (Å²) in [5, 5.41) is 17.2. The fourth-order valence-electron chi connectivity index (χ4n) is 3.55. The van der Waals surface area contributed by atoms with Crippen molar-refractivity contribution in [2.45, 2.75) is 32.7 Å². The first-order chi connectivity index (χ1) is 13.2. The minimum atomic E-state index is -0.0120. The Morgan fingerprint density at radius 3 is 2.63 bits per heavy atom. The standard InChI is InChI=1S/C20H24N6O/c1-25-19-7-8-26(13-17(19)18(14-27)24-25)12-16-10-22-20(23-11-16)21-9-15-5-3-2-4-6-15/h2-6,10-11,27H,7-9,12-14H2,1H3,(H,21,22,23). The van der Waals surface area contributed by atoms with Gasteiger partial charge in [-0.2, -0.15) is 5.10 Å². The zero-order chi connectivity index (χ0) is 18.6. The zero-order valence-electron chi connectivity index (χ0n) is 15.5. The molecule has 0 bridgehead atoms. The molecule has 1 aliphatic rings. The minimum absolute atomic E-state index is 0.0120. The predicted molar refractivity (Wildman–Crippen MR) is 103 cm³/mol. The SMILES string of the molecule is Cn1nc(CO)c2c1CCN(Cc1cnc(NCc3ccccc3)nc1)C2. The van der Waals surface area contributed by atoms with Crippen molar-refractivity contribution in [2.24, 2.45) is 7.05 Å². The molecule has 2 aromatic heterocycles. The molecule has 0 aliphatic carbocycles. The van der Waals surface area contributed by atoms with Gasteiger partial charge in [0.05, 0.1) is 12.3 Å². The second kappa shape index (κ2) is 7.85. The number of nitrogens with one attached hydrogen (secondary N) is 1. The third kappa shape index (κ3) is 3.99. The Bertz CT molecular complexity index is 891. The summed E-state index contributed by atoms with van der Waals surface area (Å²) in [6.07, 6.45) is 4.70. The molecule has 27 heavy (non-hydrogen) atoms. The summed E-state index contributed by atoms with van der Waals surface area (Å²) in [4.78, 5) is 11.2. The van der Waals surface area contributed by atoms with Crippen LogP contribution in [0.3, 0.4) is 0 Å². The highest BCUT2D eigenvalue weighted by molar-refractivity contribution is 5.30. The average molecular weight is 364 g/mol. The number of aliphatic hydroxyl groups excluding tert-OH is 1. The van der Waals surface area contributed by atoms with Gasteiger partial charge < -0.3 is 10.4 Å². The van der Waals surface area contributed by atoms with Crippen LogP contribution in [-0.4, -0.2) is 36.3 Å². The maximum atomic E-state index is 9.53. The van der Waals surface area contributed by atoms with E-state index in [1.165, 1.54) is 11.3 Å². The molecular formula is C20H24N6O. The van der Waals surface area contributed by atoms with Crippen molar-refractivity contribution in [1.82, 2.24) is 24.6 Å². The van der Waals surface area contributed by atoms with Gasteiger partial charge in [0.15, 0.2) is 0 Å². The summed E-state index contributed by atoms with van der Waals surface area (Å²) in [5.41, 5.74) is 5.46. The molecule has 0 amide bonds. The molecule has 0 saturated carbocycles. The fraction of sp³-hybridized carbons (Fsp3) is 0.350. The molecule has 0 unspecified atom stereocenters. The molecule has 4 rings (SSSR count). The van der Waals surface area contributed by atoms with Crippen molar-refractivity contribution in [2.75, 3.05) is 11.9 Å². The van der Waals surface area contributed by atoms with Crippen LogP contribution < -0.4 is 5.32 Å². The first kappa shape index (κ1) is 17.6. The first-order valence-electron chi connectivity index (χ1n) is 9.18. The molecule has 3 aromatic rings. The highest BCUT2D eigenvalue weighted by atomic mass is 16.3. The number of aryl methyl sites for hydroxylation is 1. The van der Waals surface area contributed by atoms with Crippen LogP contribution in [0.5, 0.6) is 0 Å². The van der Waals surface area contributed by atoms with Gasteiger partial charge in [-0.3, -0.25) is 9.58 Å². The molecule has 0 saturated heterocycles. The number of anilines is 1. The quantitative estimate of drug-likeness (QED) is 0.695. The van der Waals surface area contributed by atoms with Crippen molar-refractivity contribution in [3.05, 3.63) is 70.8 Å². The van der Waals surface area contributed by atoms with E-state index < -0.39 is 0 Å². The minimum Gasteiger partial charge on any atom is -0.390 e. The Labute approximate surface area is 158 Å². The van der Waals surface area contributed by atoms with Gasteiger partial charge in [-0.25, -0.2) is 9.97 Å². The number of nitrogens with zero attached hydrogens (tertiary/aromatic N) is 5. The van der Waals surface area contributed by atoms with Gasteiger partial charge in [-0.15, -0.1) is 0 Å². The topological polar surface area (TPSA) is 79.1 Å². The molecule has 0 spiro atoms. The normalized spacial score (nSPS) is 14.1. The van der Waals surface area contributed by atoms with Crippen LogP contribution in [0.25, 0.3) is 0 Å². The number of aliphatic hydroxyl groups is 1. The number of rotatable bonds is 6. The van der Waals surface area contributed by atoms with Crippen molar-refractivity contribution < 1.29 is 5.11 Å². The van der Waals surface area contributed by atoms with E-state index in [9.17, 15) is 5.11 Å². The first-order valence-corrected chi connectivity index (χ1v) is 9.18. The van der Waals surface area contributed by atoms with Gasteiger partial charge in [0.1, 0.15) is 0 Å². The highest BCUT2D eigenvalue weighted by Gasteiger charge is 2.23. The smallest absolute Gasteiger partial charge is 0.222 e. The summed E-state index contributed by atoms with van der Waals surface area (Å²) in [7, 11) is 1.95. The third-order valence-corrected chi connectivity index (χ3v) is 4.96. The number of fused-ring (bicyclic) bond motifs is 1. The molecule has 7 nitrogen and oxygen atoms in total. The number of hydrogen-bond donors (Lipinski definition) is 2. The molecule has 0 atom stereocenters. The lowest BCUT2D eigenvalue weighted by molar-refractivity contribution is 0.236. The highest BCUT2D eigenvalue weighted by Crippen LogP contribution is 2.23. The number of aromatic nitrogens is 4. The van der Waals surface area contributed by atoms with E-state index in [4.69, 9.17) is 0 Å². The summed E-state index contributed by atoms with van der Waals surface area (Å²) < 4.78 is 1.90. The summed E-state index contributed by atoms with van der Waals surface area (Å²) in [6.45, 7) is 3.25. The lowest BCUT2D eigenvalue weighted by Crippen LogP contribution is -2.31. The van der Waals surface area contributed by atoms with Crippen LogP contribution in [0.15, 0.2) is 42.7 Å². The van der Waals surface area contributed by atoms with Gasteiger partial charge >= 0.3 is 0 Å². The lowest BCUT2D eigenvalue weighted by Gasteiger charge is -2.27. The van der Waals surface area contributed by atoms with Crippen molar-refractivity contribution in [3.63, 3.8) is 0 Å². The molecule has 140 valence electrons. The van der Waals surface area contributed by atoms with Crippen LogP contribution in [-0.2, 0) is 39.7 Å². The summed E-state index contributed by atoms with van der Waals surface area (Å²) in [6, 6.07) is 10.2. The second-order valence-corrected chi connectivity index (χ2v) is 6.87. The number of benzene rings is 1. The fourth-order valence-corrected chi connectivity index (χ4v) is 3.55. The van der Waals surface area contributed by atoms with Crippen molar-refractivity contribution >= 4 is 5.95 Å². The zero-order valence-corrected chi connectivity index (χ0v) is 15.5. The van der Waals surface area contributed by atoms with Crippen LogP contribution in [0.4, 0.5) is 5.95 Å². The molecule has 0 fully saturated rings. The summed E-state index contributed by atoms with van der Waals surface area (Å²) >= 11 is 0. The molecule has 0 radical (unpaired) electrons. The Morgan fingerprint density at radius 2 is 1.89 bits per heavy atom. The van der Waals surface area contributed by atoms with Crippen molar-refractivity contribution in [1.29, 1.82) is 0 Å². The maximum absolute atomic E-state index is 9.53. The average Bonchev–Trinajstić information content (AvgIpc) is 3.03. The van der Waals surface area contributed by atoms with Gasteiger partial charge in [0.25, 0.3) is 0 Å². The molecule has 1 aromatic carbocycles. The van der Waals surface area contributed by atoms with E-state index in [1.54, 1.807) is 0 Å². The molecular weight excluding hydrogens is 340 g/mol. The van der Waals surface area contributed by atoms with E-state index in [2.05, 4.69) is 37.4 Å². The van der Waals surface area contributed by atoms with Crippen LogP contribution in [0.1, 0.15) is 28.1 Å². The van der Waals surface area contributed by atoms with E-state index >= 15 is 0 Å². The molecule has 2 N–H and O–H groups in total. The van der Waals surface area contributed by atoms with Gasteiger partial charge in [-0.05, 0) is 5.56 Å². The molecule has 3 heterocycles. The molecule has 7 heteroatoms. The van der Waals surface area contributed by atoms with Gasteiger partial charge in [0.2, 0.25) is 5.95 Å². The third-order valence-electron chi connectivity index (χ3n) is 4.96. The Hall–Kier alpha value is -2.77. The number of hydrogen-bond acceptors (Lipinski definition) is 6. The maximum Gasteiger partial charge on any atom is 0.222 e. The Balaban J connectivity index is 1.36. The summed E-state index contributed by atoms with van der Waals surface area (Å²) in [5.74, 6) is 0.637. The molecule has 1 aliphatic heterocycles. The van der Waals surface area contributed by atoms with Crippen LogP contribution in [0.2, 0.25) is 0 Å². The Morgan fingerprint density at radius 1 is 1.11 bits per heavy atom. The van der Waals surface area contributed by atoms with E-state index in [0.717, 1.165) is 42.9 Å². The van der Waals surface area contributed by atoms with Crippen LogP contribution in [0, 0.1) is 0 Å². The van der Waals surface area contributed by atoms with E-state index in [0.29, 0.717) is 12.5 Å².